The average Bonchev–Trinajstić information content (AvgIpc) is 0.862. The number of nitrogens with one attached hydrogen (secondary N) is 4. The molecular weight excluding hydrogens is 2380 g/mol. The van der Waals surface area contributed by atoms with Crippen LogP contribution in [0, 0.1) is 0 Å². The third-order valence-corrected chi connectivity index (χ3v) is 13.9. The van der Waals surface area contributed by atoms with Crippen molar-refractivity contribution in [3.8, 4) is 89.5 Å². The van der Waals surface area contributed by atoms with Gasteiger partial charge in [0.15, 0.2) is 49.6 Å². The summed E-state index contributed by atoms with van der Waals surface area (Å²) in [5.74, 6) is 0. The number of aromatic nitrogens is 8. The molecule has 0 atom stereocenters. The van der Waals surface area contributed by atoms with Crippen LogP contribution in [0.5, 0.6) is 0 Å². The van der Waals surface area contributed by atoms with E-state index in [-0.39, 0.29) is 311 Å². The molecular formula is C64H48Br4Mo8N8O26-48. The first-order chi connectivity index (χ1) is 37.3. The number of benzene rings is 4. The Morgan fingerprint density at radius 2 is 0.264 bits per heavy atom. The normalized spacial score (nSPS) is 7.16. The molecule has 0 saturated heterocycles. The van der Waals surface area contributed by atoms with Crippen molar-refractivity contribution in [2.75, 3.05) is 0 Å². The van der Waals surface area contributed by atoms with Crippen LogP contribution in [0.3, 0.4) is 0 Å². The minimum Gasteiger partial charge on any atom is -2.00 e. The number of hydrogen-bond acceptors (Lipinski definition) is 4. The number of hydrogen-bond donors (Lipinski definition) is 0. The Labute approximate surface area is 781 Å². The third kappa shape index (κ3) is 56.7. The van der Waals surface area contributed by atoms with Gasteiger partial charge in [-0.3, -0.25) is 19.9 Å². The molecule has 0 unspecified atom stereocenters. The Hall–Kier alpha value is -3.53. The maximum absolute atomic E-state index is 4.52. The molecule has 12 rings (SSSR count). The summed E-state index contributed by atoms with van der Waals surface area (Å²) in [4.78, 5) is 30.1. The Kier molecular flexibility index (Phi) is 163. The maximum atomic E-state index is 4.52. The molecule has 0 radical (unpaired) electrons. The van der Waals surface area contributed by atoms with Crippen LogP contribution in [-0.2, 0) is 311 Å². The van der Waals surface area contributed by atoms with E-state index in [2.05, 4.69) is 176 Å². The summed E-state index contributed by atoms with van der Waals surface area (Å²) in [7, 11) is 0. The van der Waals surface area contributed by atoms with Gasteiger partial charge in [0.2, 0.25) is 0 Å². The first-order valence-electron chi connectivity index (χ1n) is 24.1. The smallest absolute Gasteiger partial charge is 0.167 e. The molecule has 8 aromatic heterocycles. The molecule has 0 spiro atoms. The first kappa shape index (κ1) is 183. The molecule has 12 aromatic rings. The number of nitrogens with zero attached hydrogens (tertiary/aromatic N) is 4. The fraction of sp³-hybridized carbons (Fsp3) is 0. The molecule has 0 aliphatic carbocycles. The number of rotatable bonds is 8. The summed E-state index contributed by atoms with van der Waals surface area (Å²) in [5, 5.41) is 0. The number of pyridine rings is 8. The van der Waals surface area contributed by atoms with Crippen molar-refractivity contribution in [1.29, 1.82) is 0 Å². The first-order valence-corrected chi connectivity index (χ1v) is 27.2. The molecule has 0 aliphatic rings. The fourth-order valence-electron chi connectivity index (χ4n) is 7.74. The van der Waals surface area contributed by atoms with Gasteiger partial charge in [-0.05, 0) is 95.1 Å². The van der Waals surface area contributed by atoms with E-state index in [4.69, 9.17) is 0 Å². The van der Waals surface area contributed by atoms with Gasteiger partial charge in [-0.2, -0.15) is 0 Å². The second kappa shape index (κ2) is 97.8. The van der Waals surface area contributed by atoms with Crippen molar-refractivity contribution in [2.24, 2.45) is 0 Å². The van der Waals surface area contributed by atoms with Gasteiger partial charge in [-0.15, -0.1) is 0 Å². The molecule has 8 heterocycles. The van der Waals surface area contributed by atoms with E-state index in [0.717, 1.165) is 85.2 Å². The molecule has 4 aromatic carbocycles. The predicted octanol–water partition coefficient (Wildman–Crippen LogP) is 12.9. The molecule has 0 saturated carbocycles. The number of halogens is 4. The minimum atomic E-state index is 0. The Morgan fingerprint density at radius 3 is 0.373 bits per heavy atom. The quantitative estimate of drug-likeness (QED) is 0.134. The van der Waals surface area contributed by atoms with Crippen LogP contribution < -0.4 is 19.9 Å². The van der Waals surface area contributed by atoms with Gasteiger partial charge in [0.05, 0.1) is 22.8 Å². The molecule has 110 heavy (non-hydrogen) atoms. The molecule has 0 bridgehead atoms. The largest absolute Gasteiger partial charge is 2.00 e. The van der Waals surface area contributed by atoms with Crippen LogP contribution in [0.25, 0.3) is 89.5 Å². The van der Waals surface area contributed by atoms with Gasteiger partial charge in [0.1, 0.15) is 0 Å². The topological polar surface area (TPSA) is 849 Å². The summed E-state index contributed by atoms with van der Waals surface area (Å²) in [5.41, 5.74) is 17.5. The molecule has 0 fully saturated rings. The standard InChI is InChI=1S/4C16H11BrN2.8Mo.26O/c4*17-15-4-1-12(2-5-15)14-3-6-16(19-11-14)13-7-9-18-10-8-13;;;;;;;;;;;;;;;;;;;;;;;;;;;;;;;;;;/h4*1-11H;;;;;;;;;;;;;;;;;;;;;;;;;;;;;;;;;;/q;;;;;;;;;;;;26*-2/p+4. The second-order valence-electron chi connectivity index (χ2n) is 16.9. The van der Waals surface area contributed by atoms with Crippen molar-refractivity contribution < 1.29 is 331 Å². The van der Waals surface area contributed by atoms with Gasteiger partial charge in [-0.1, -0.05) is 137 Å². The molecule has 4 N–H and O–H groups in total. The van der Waals surface area contributed by atoms with Gasteiger partial charge in [0, 0.05) is 304 Å². The molecule has 0 aliphatic heterocycles. The van der Waals surface area contributed by atoms with E-state index in [1.54, 1.807) is 0 Å². The summed E-state index contributed by atoms with van der Waals surface area (Å²) < 4.78 is 4.34. The summed E-state index contributed by atoms with van der Waals surface area (Å²) >= 11 is 13.8. The Morgan fingerprint density at radius 1 is 0.145 bits per heavy atom. The van der Waals surface area contributed by atoms with Crippen LogP contribution in [0.2, 0.25) is 0 Å². The van der Waals surface area contributed by atoms with E-state index < -0.39 is 0 Å². The summed E-state index contributed by atoms with van der Waals surface area (Å²) in [6.45, 7) is 0. The van der Waals surface area contributed by atoms with Crippen molar-refractivity contribution in [1.82, 2.24) is 19.9 Å². The van der Waals surface area contributed by atoms with Gasteiger partial charge < -0.3 is 142 Å². The number of aromatic amines is 4. The van der Waals surface area contributed by atoms with E-state index >= 15 is 0 Å². The third-order valence-electron chi connectivity index (χ3n) is 11.8. The summed E-state index contributed by atoms with van der Waals surface area (Å²) in [6, 6.07) is 65.7. The van der Waals surface area contributed by atoms with E-state index in [1.807, 2.05) is 196 Å². The van der Waals surface area contributed by atoms with E-state index in [9.17, 15) is 0 Å². The maximum Gasteiger partial charge on any atom is 0.167 e. The molecule has 34 nitrogen and oxygen atoms in total. The SMILES string of the molecule is Brc1ccc(-c2ccc(-c3cc[nH+]cc3)nc2)cc1.Brc1ccc(-c2ccc(-c3cc[nH+]cc3)nc2)cc1.Brc1ccc(-c2ccc(-c3cc[nH+]cc3)nc2)cc1.Brc1ccc(-c2ccc(-c3cc[nH+]cc3)nc2)cc1.[Mo].[Mo].[Mo].[Mo].[Mo].[Mo].[Mo].[Mo].[O-2].[O-2].[O-2].[O-2].[O-2].[O-2].[O-2].[O-2].[O-2].[O-2].[O-2].[O-2].[O-2].[O-2].[O-2].[O-2].[O-2].[O-2].[O-2].[O-2].[O-2].[O-2].[O-2].[O-2].[O-2].[O-2]. The van der Waals surface area contributed by atoms with Gasteiger partial charge >= 0.3 is 0 Å². The zero-order valence-electron chi connectivity index (χ0n) is 54.6. The second-order valence-corrected chi connectivity index (χ2v) is 20.6. The van der Waals surface area contributed by atoms with Crippen LogP contribution in [-0.4, -0.2) is 19.9 Å². The zero-order chi connectivity index (χ0) is 52.3. The molecule has 624 valence electrons. The van der Waals surface area contributed by atoms with Crippen LogP contribution in [0.15, 0.2) is 286 Å². The average molecular weight is 2430 g/mol. The van der Waals surface area contributed by atoms with E-state index in [1.165, 1.54) is 22.3 Å². The monoisotopic (exact) mass is 2440 g/mol. The summed E-state index contributed by atoms with van der Waals surface area (Å²) in [6.07, 6.45) is 22.9. The van der Waals surface area contributed by atoms with Crippen LogP contribution >= 0.6 is 63.7 Å². The van der Waals surface area contributed by atoms with Crippen molar-refractivity contribution in [2.45, 2.75) is 0 Å². The van der Waals surface area contributed by atoms with E-state index in [0.29, 0.717) is 0 Å². The van der Waals surface area contributed by atoms with Crippen LogP contribution in [0.1, 0.15) is 0 Å². The predicted molar refractivity (Wildman–Crippen MR) is 335 cm³/mol. The van der Waals surface area contributed by atoms with Crippen molar-refractivity contribution in [3.05, 3.63) is 286 Å². The minimum absolute atomic E-state index is 0. The zero-order valence-corrected chi connectivity index (χ0v) is 77.0. The van der Waals surface area contributed by atoms with Crippen molar-refractivity contribution >= 4 is 63.7 Å². The van der Waals surface area contributed by atoms with Gasteiger partial charge in [-0.25, -0.2) is 19.9 Å². The van der Waals surface area contributed by atoms with Crippen LogP contribution in [0.4, 0.5) is 0 Å². The number of H-pyrrole nitrogens is 4. The van der Waals surface area contributed by atoms with Crippen molar-refractivity contribution in [3.63, 3.8) is 0 Å². The molecule has 0 amide bonds. The Balaban J connectivity index is -0.0000000323. The fourth-order valence-corrected chi connectivity index (χ4v) is 8.80. The molecule has 46 heteroatoms. The van der Waals surface area contributed by atoms with Gasteiger partial charge in [0.25, 0.3) is 0 Å². The Bertz CT molecular complexity index is 3270.